The van der Waals surface area contributed by atoms with Gasteiger partial charge in [-0.2, -0.15) is 0 Å². The number of aryl methyl sites for hydroxylation is 1. The van der Waals surface area contributed by atoms with E-state index < -0.39 is 0 Å². The summed E-state index contributed by atoms with van der Waals surface area (Å²) >= 11 is 5.94. The Balaban J connectivity index is 1.82. The third-order valence-electron chi connectivity index (χ3n) is 3.75. The van der Waals surface area contributed by atoms with E-state index in [9.17, 15) is 9.59 Å². The molecule has 0 aromatic heterocycles. The summed E-state index contributed by atoms with van der Waals surface area (Å²) in [5, 5.41) is 3.42. The molecular formula is C16H23ClN3O3+. The Morgan fingerprint density at radius 1 is 1.30 bits per heavy atom. The van der Waals surface area contributed by atoms with Crippen molar-refractivity contribution in [2.45, 2.75) is 6.92 Å². The highest BCUT2D eigenvalue weighted by Crippen LogP contribution is 2.19. The molecule has 0 radical (unpaired) electrons. The fraction of sp³-hybridized carbons (Fsp3) is 0.500. The Kier molecular flexibility index (Phi) is 6.38. The molecule has 2 rings (SSSR count). The summed E-state index contributed by atoms with van der Waals surface area (Å²) in [7, 11) is 1.84. The maximum absolute atomic E-state index is 12.1. The van der Waals surface area contributed by atoms with Crippen LogP contribution in [0.2, 0.25) is 5.02 Å². The molecule has 1 aliphatic heterocycles. The largest absolute Gasteiger partial charge is 0.378 e. The van der Waals surface area contributed by atoms with Gasteiger partial charge in [-0.25, -0.2) is 0 Å². The smallest absolute Gasteiger partial charge is 0.279 e. The maximum Gasteiger partial charge on any atom is 0.279 e. The van der Waals surface area contributed by atoms with Gasteiger partial charge in [0.2, 0.25) is 0 Å². The van der Waals surface area contributed by atoms with Crippen molar-refractivity contribution in [3.63, 3.8) is 0 Å². The van der Waals surface area contributed by atoms with Gasteiger partial charge in [0.25, 0.3) is 11.8 Å². The first-order valence-corrected chi connectivity index (χ1v) is 8.06. The van der Waals surface area contributed by atoms with Crippen LogP contribution in [-0.4, -0.2) is 63.2 Å². The van der Waals surface area contributed by atoms with E-state index >= 15 is 0 Å². The van der Waals surface area contributed by atoms with Crippen LogP contribution in [0.1, 0.15) is 5.56 Å². The molecule has 0 saturated carbocycles. The lowest BCUT2D eigenvalue weighted by Crippen LogP contribution is -3.11. The van der Waals surface area contributed by atoms with Crippen LogP contribution in [0.5, 0.6) is 0 Å². The van der Waals surface area contributed by atoms with Gasteiger partial charge < -0.3 is 19.9 Å². The summed E-state index contributed by atoms with van der Waals surface area (Å²) in [5.74, 6) is -0.0832. The molecule has 0 spiro atoms. The number of likely N-dealkylation sites (N-methyl/N-ethyl adjacent to an activating group) is 1. The van der Waals surface area contributed by atoms with Crippen molar-refractivity contribution in [1.29, 1.82) is 0 Å². The first-order valence-electron chi connectivity index (χ1n) is 7.68. The summed E-state index contributed by atoms with van der Waals surface area (Å²) in [6, 6.07) is 5.37. The molecule has 1 aromatic carbocycles. The molecule has 1 unspecified atom stereocenters. The van der Waals surface area contributed by atoms with E-state index in [2.05, 4.69) is 5.32 Å². The van der Waals surface area contributed by atoms with E-state index in [0.717, 1.165) is 10.5 Å². The van der Waals surface area contributed by atoms with E-state index in [1.54, 1.807) is 17.0 Å². The van der Waals surface area contributed by atoms with Crippen LogP contribution < -0.4 is 10.2 Å². The van der Waals surface area contributed by atoms with E-state index in [4.69, 9.17) is 16.3 Å². The highest BCUT2D eigenvalue weighted by atomic mass is 35.5. The zero-order chi connectivity index (χ0) is 16.8. The van der Waals surface area contributed by atoms with Crippen molar-refractivity contribution in [2.24, 2.45) is 0 Å². The van der Waals surface area contributed by atoms with Gasteiger partial charge in [0.15, 0.2) is 13.1 Å². The molecule has 126 valence electrons. The minimum atomic E-state index is -0.136. The molecule has 1 fully saturated rings. The Bertz CT molecular complexity index is 574. The molecule has 1 heterocycles. The van der Waals surface area contributed by atoms with Crippen LogP contribution in [-0.2, 0) is 14.3 Å². The molecule has 2 amide bonds. The van der Waals surface area contributed by atoms with E-state index in [0.29, 0.717) is 43.6 Å². The van der Waals surface area contributed by atoms with Crippen molar-refractivity contribution >= 4 is 29.1 Å². The number of benzene rings is 1. The average molecular weight is 341 g/mol. The lowest BCUT2D eigenvalue weighted by atomic mass is 10.2. The van der Waals surface area contributed by atoms with Crippen molar-refractivity contribution in [1.82, 2.24) is 4.90 Å². The maximum atomic E-state index is 12.1. The van der Waals surface area contributed by atoms with Crippen LogP contribution in [0.3, 0.4) is 0 Å². The molecule has 0 bridgehead atoms. The minimum Gasteiger partial charge on any atom is -0.378 e. The molecule has 1 saturated heterocycles. The molecule has 6 nitrogen and oxygen atoms in total. The number of nitrogens with one attached hydrogen (secondary N) is 2. The second kappa shape index (κ2) is 8.29. The first kappa shape index (κ1) is 17.7. The van der Waals surface area contributed by atoms with Gasteiger partial charge >= 0.3 is 0 Å². The molecule has 23 heavy (non-hydrogen) atoms. The molecule has 7 heteroatoms. The number of carbonyl (C=O) groups is 2. The third-order valence-corrected chi connectivity index (χ3v) is 3.99. The lowest BCUT2D eigenvalue weighted by molar-refractivity contribution is -0.862. The summed E-state index contributed by atoms with van der Waals surface area (Å²) in [4.78, 5) is 26.9. The molecule has 1 atom stereocenters. The third kappa shape index (κ3) is 5.49. The van der Waals surface area contributed by atoms with Crippen molar-refractivity contribution in [3.05, 3.63) is 28.8 Å². The number of amides is 2. The number of rotatable bonds is 5. The van der Waals surface area contributed by atoms with Crippen LogP contribution in [0.15, 0.2) is 18.2 Å². The summed E-state index contributed by atoms with van der Waals surface area (Å²) in [6.45, 7) is 4.84. The fourth-order valence-corrected chi connectivity index (χ4v) is 2.61. The molecule has 1 aromatic rings. The Morgan fingerprint density at radius 2 is 2.00 bits per heavy atom. The van der Waals surface area contributed by atoms with Crippen molar-refractivity contribution in [3.8, 4) is 0 Å². The standard InChI is InChI=1S/C16H22ClN3O3/c1-12-3-4-13(17)9-14(12)18-15(21)10-19(2)11-16(22)20-5-7-23-8-6-20/h3-4,9H,5-8,10-11H2,1-2H3,(H,18,21)/p+1. The number of nitrogens with zero attached hydrogens (tertiary/aromatic N) is 1. The van der Waals surface area contributed by atoms with Gasteiger partial charge in [-0.15, -0.1) is 0 Å². The predicted molar refractivity (Wildman–Crippen MR) is 88.8 cm³/mol. The second-order valence-electron chi connectivity index (χ2n) is 5.81. The number of hydrogen-bond acceptors (Lipinski definition) is 3. The van der Waals surface area contributed by atoms with Gasteiger partial charge in [-0.05, 0) is 24.6 Å². The summed E-state index contributed by atoms with van der Waals surface area (Å²) in [5.41, 5.74) is 1.65. The summed E-state index contributed by atoms with van der Waals surface area (Å²) < 4.78 is 5.23. The highest BCUT2D eigenvalue weighted by Gasteiger charge is 2.21. The van der Waals surface area contributed by atoms with Gasteiger partial charge in [-0.1, -0.05) is 17.7 Å². The van der Waals surface area contributed by atoms with Gasteiger partial charge in [0.1, 0.15) is 0 Å². The van der Waals surface area contributed by atoms with Crippen molar-refractivity contribution in [2.75, 3.05) is 51.8 Å². The number of anilines is 1. The zero-order valence-corrected chi connectivity index (χ0v) is 14.3. The van der Waals surface area contributed by atoms with E-state index in [1.165, 1.54) is 0 Å². The van der Waals surface area contributed by atoms with Gasteiger partial charge in [-0.3, -0.25) is 9.59 Å². The van der Waals surface area contributed by atoms with E-state index in [1.807, 2.05) is 20.0 Å². The van der Waals surface area contributed by atoms with Crippen LogP contribution in [0.4, 0.5) is 5.69 Å². The normalized spacial score (nSPS) is 16.0. The van der Waals surface area contributed by atoms with Gasteiger partial charge in [0, 0.05) is 23.8 Å². The SMILES string of the molecule is Cc1ccc(Cl)cc1NC(=O)C[NH+](C)CC(=O)N1CCOCC1. The Morgan fingerprint density at radius 3 is 2.70 bits per heavy atom. The second-order valence-corrected chi connectivity index (χ2v) is 6.25. The van der Waals surface area contributed by atoms with Crippen molar-refractivity contribution < 1.29 is 19.2 Å². The highest BCUT2D eigenvalue weighted by molar-refractivity contribution is 6.31. The number of ether oxygens (including phenoxy) is 1. The molecule has 0 aliphatic carbocycles. The number of morpholine rings is 1. The average Bonchev–Trinajstić information content (AvgIpc) is 2.51. The predicted octanol–water partition coefficient (Wildman–Crippen LogP) is -0.0396. The van der Waals surface area contributed by atoms with Crippen LogP contribution in [0.25, 0.3) is 0 Å². The monoisotopic (exact) mass is 340 g/mol. The Labute approximate surface area is 141 Å². The lowest BCUT2D eigenvalue weighted by Gasteiger charge is -2.27. The van der Waals surface area contributed by atoms with Crippen LogP contribution in [0, 0.1) is 6.92 Å². The molecule has 2 N–H and O–H groups in total. The number of halogens is 1. The Hall–Kier alpha value is -1.63. The molecular weight excluding hydrogens is 318 g/mol. The molecule has 1 aliphatic rings. The number of hydrogen-bond donors (Lipinski definition) is 2. The minimum absolute atomic E-state index is 0.0533. The van der Waals surface area contributed by atoms with E-state index in [-0.39, 0.29) is 18.4 Å². The fourth-order valence-electron chi connectivity index (χ4n) is 2.44. The zero-order valence-electron chi connectivity index (χ0n) is 13.5. The number of quaternary nitrogens is 1. The topological polar surface area (TPSA) is 63.1 Å². The number of carbonyl (C=O) groups excluding carboxylic acids is 2. The van der Waals surface area contributed by atoms with Crippen LogP contribution >= 0.6 is 11.6 Å². The quantitative estimate of drug-likeness (QED) is 0.790. The van der Waals surface area contributed by atoms with Gasteiger partial charge in [0.05, 0.1) is 20.3 Å². The summed E-state index contributed by atoms with van der Waals surface area (Å²) in [6.07, 6.45) is 0. The first-order chi connectivity index (χ1) is 11.0.